The number of carbonyl (C=O) groups is 1. The second-order valence-electron chi connectivity index (χ2n) is 4.08. The zero-order valence-corrected chi connectivity index (χ0v) is 10.8. The fraction of sp³-hybridized carbons (Fsp3) is 0.0625. The third-order valence-corrected chi connectivity index (χ3v) is 2.75. The lowest BCUT2D eigenvalue weighted by molar-refractivity contribution is -0.133. The van der Waals surface area contributed by atoms with Crippen molar-refractivity contribution in [2.45, 2.75) is 0 Å². The van der Waals surface area contributed by atoms with Crippen molar-refractivity contribution >= 4 is 17.6 Å². The third-order valence-electron chi connectivity index (χ3n) is 2.75. The van der Waals surface area contributed by atoms with Crippen LogP contribution in [0, 0.1) is 11.6 Å². The molecule has 0 aromatic heterocycles. The van der Waals surface area contributed by atoms with E-state index in [1.54, 1.807) is 18.2 Å². The maximum absolute atomic E-state index is 13.6. The van der Waals surface area contributed by atoms with E-state index in [2.05, 4.69) is 4.74 Å². The number of halogens is 2. The highest BCUT2D eigenvalue weighted by Crippen LogP contribution is 2.21. The van der Waals surface area contributed by atoms with Crippen molar-refractivity contribution < 1.29 is 18.3 Å². The third kappa shape index (κ3) is 3.09. The SMILES string of the molecule is COC(=O)/C(=C/c1ccccc1F)c1cccc(F)c1. The van der Waals surface area contributed by atoms with Gasteiger partial charge in [-0.15, -0.1) is 0 Å². The lowest BCUT2D eigenvalue weighted by Gasteiger charge is -2.06. The first-order valence-electron chi connectivity index (χ1n) is 5.92. The zero-order chi connectivity index (χ0) is 14.5. The maximum atomic E-state index is 13.6. The number of ether oxygens (including phenoxy) is 1. The van der Waals surface area contributed by atoms with Crippen molar-refractivity contribution in [3.8, 4) is 0 Å². The quantitative estimate of drug-likeness (QED) is 0.485. The van der Waals surface area contributed by atoms with Crippen LogP contribution in [-0.2, 0) is 9.53 Å². The Balaban J connectivity index is 2.54. The summed E-state index contributed by atoms with van der Waals surface area (Å²) in [6, 6.07) is 11.5. The molecule has 2 aromatic rings. The fourth-order valence-electron chi connectivity index (χ4n) is 1.77. The van der Waals surface area contributed by atoms with Gasteiger partial charge in [0.25, 0.3) is 0 Å². The molecule has 0 aliphatic rings. The van der Waals surface area contributed by atoms with E-state index < -0.39 is 17.6 Å². The average Bonchev–Trinajstić information content (AvgIpc) is 2.45. The van der Waals surface area contributed by atoms with Gasteiger partial charge in [0.2, 0.25) is 0 Å². The predicted octanol–water partition coefficient (Wildman–Crippen LogP) is 3.68. The van der Waals surface area contributed by atoms with Crippen LogP contribution in [0.5, 0.6) is 0 Å². The Labute approximate surface area is 115 Å². The number of rotatable bonds is 3. The number of benzene rings is 2. The predicted molar refractivity (Wildman–Crippen MR) is 72.7 cm³/mol. The van der Waals surface area contributed by atoms with E-state index in [4.69, 9.17) is 0 Å². The zero-order valence-electron chi connectivity index (χ0n) is 10.8. The normalized spacial score (nSPS) is 11.2. The molecule has 0 heterocycles. The van der Waals surface area contributed by atoms with Gasteiger partial charge in [0.1, 0.15) is 11.6 Å². The largest absolute Gasteiger partial charge is 0.465 e. The van der Waals surface area contributed by atoms with E-state index >= 15 is 0 Å². The molecule has 0 aliphatic heterocycles. The summed E-state index contributed by atoms with van der Waals surface area (Å²) in [5.74, 6) is -1.60. The molecule has 0 atom stereocenters. The first kappa shape index (κ1) is 13.9. The molecule has 0 amide bonds. The maximum Gasteiger partial charge on any atom is 0.338 e. The van der Waals surface area contributed by atoms with Gasteiger partial charge in [-0.1, -0.05) is 30.3 Å². The van der Waals surface area contributed by atoms with Crippen molar-refractivity contribution in [2.24, 2.45) is 0 Å². The lowest BCUT2D eigenvalue weighted by Crippen LogP contribution is -2.04. The second-order valence-corrected chi connectivity index (χ2v) is 4.08. The molecule has 0 spiro atoms. The minimum absolute atomic E-state index is 0.0945. The molecular weight excluding hydrogens is 262 g/mol. The van der Waals surface area contributed by atoms with E-state index in [0.29, 0.717) is 5.56 Å². The Kier molecular flexibility index (Phi) is 4.25. The monoisotopic (exact) mass is 274 g/mol. The summed E-state index contributed by atoms with van der Waals surface area (Å²) in [5, 5.41) is 0. The van der Waals surface area contributed by atoms with E-state index in [1.165, 1.54) is 43.5 Å². The molecular formula is C16H12F2O2. The van der Waals surface area contributed by atoms with Crippen molar-refractivity contribution in [3.05, 3.63) is 71.3 Å². The minimum Gasteiger partial charge on any atom is -0.465 e. The molecule has 0 bridgehead atoms. The van der Waals surface area contributed by atoms with Gasteiger partial charge >= 0.3 is 5.97 Å². The molecule has 2 rings (SSSR count). The summed E-state index contributed by atoms with van der Waals surface area (Å²) in [6.07, 6.45) is 1.34. The van der Waals surface area contributed by atoms with Crippen LogP contribution in [0.2, 0.25) is 0 Å². The number of esters is 1. The molecule has 102 valence electrons. The molecule has 0 unspecified atom stereocenters. The number of hydrogen-bond donors (Lipinski definition) is 0. The van der Waals surface area contributed by atoms with Gasteiger partial charge in [-0.2, -0.15) is 0 Å². The van der Waals surface area contributed by atoms with Gasteiger partial charge in [-0.25, -0.2) is 13.6 Å². The molecule has 0 N–H and O–H groups in total. The van der Waals surface area contributed by atoms with Crippen LogP contribution in [0.4, 0.5) is 8.78 Å². The second kappa shape index (κ2) is 6.10. The van der Waals surface area contributed by atoms with Crippen molar-refractivity contribution in [2.75, 3.05) is 7.11 Å². The molecule has 0 saturated carbocycles. The smallest absolute Gasteiger partial charge is 0.338 e. The number of methoxy groups -OCH3 is 1. The topological polar surface area (TPSA) is 26.3 Å². The molecule has 0 fully saturated rings. The van der Waals surface area contributed by atoms with Crippen LogP contribution in [0.15, 0.2) is 48.5 Å². The molecule has 0 aliphatic carbocycles. The highest BCUT2D eigenvalue weighted by molar-refractivity contribution is 6.21. The molecule has 20 heavy (non-hydrogen) atoms. The molecule has 4 heteroatoms. The summed E-state index contributed by atoms with van der Waals surface area (Å²) in [5.41, 5.74) is 0.661. The number of hydrogen-bond acceptors (Lipinski definition) is 2. The van der Waals surface area contributed by atoms with Crippen LogP contribution in [0.1, 0.15) is 11.1 Å². The van der Waals surface area contributed by atoms with Gasteiger partial charge in [-0.05, 0) is 29.8 Å². The van der Waals surface area contributed by atoms with Crippen LogP contribution >= 0.6 is 0 Å². The first-order chi connectivity index (χ1) is 9.61. The Hall–Kier alpha value is -2.49. The van der Waals surface area contributed by atoms with Gasteiger partial charge in [0.05, 0.1) is 12.7 Å². The average molecular weight is 274 g/mol. The minimum atomic E-state index is -0.654. The highest BCUT2D eigenvalue weighted by Gasteiger charge is 2.14. The molecule has 2 nitrogen and oxygen atoms in total. The van der Waals surface area contributed by atoms with E-state index in [0.717, 1.165) is 0 Å². The van der Waals surface area contributed by atoms with Crippen LogP contribution in [-0.4, -0.2) is 13.1 Å². The number of carbonyl (C=O) groups excluding carboxylic acids is 1. The Bertz CT molecular complexity index is 663. The van der Waals surface area contributed by atoms with Crippen LogP contribution < -0.4 is 0 Å². The van der Waals surface area contributed by atoms with Crippen molar-refractivity contribution in [3.63, 3.8) is 0 Å². The Morgan fingerprint density at radius 2 is 1.85 bits per heavy atom. The molecule has 2 aromatic carbocycles. The van der Waals surface area contributed by atoms with E-state index in [-0.39, 0.29) is 11.1 Å². The highest BCUT2D eigenvalue weighted by atomic mass is 19.1. The summed E-state index contributed by atoms with van der Waals surface area (Å²) in [7, 11) is 1.22. The Morgan fingerprint density at radius 1 is 1.10 bits per heavy atom. The van der Waals surface area contributed by atoms with Crippen LogP contribution in [0.3, 0.4) is 0 Å². The standard InChI is InChI=1S/C16H12F2O2/c1-20-16(19)14(11-6-4-7-13(17)9-11)10-12-5-2-3-8-15(12)18/h2-10H,1H3/b14-10+. The van der Waals surface area contributed by atoms with Crippen LogP contribution in [0.25, 0.3) is 11.6 Å². The summed E-state index contributed by atoms with van der Waals surface area (Å²) < 4.78 is 31.6. The molecule has 0 radical (unpaired) electrons. The van der Waals surface area contributed by atoms with Crippen molar-refractivity contribution in [1.29, 1.82) is 0 Å². The van der Waals surface area contributed by atoms with Gasteiger partial charge in [-0.3, -0.25) is 0 Å². The summed E-state index contributed by atoms with van der Waals surface area (Å²) in [6.45, 7) is 0. The Morgan fingerprint density at radius 3 is 2.50 bits per heavy atom. The van der Waals surface area contributed by atoms with Gasteiger partial charge in [0, 0.05) is 5.56 Å². The lowest BCUT2D eigenvalue weighted by atomic mass is 10.0. The van der Waals surface area contributed by atoms with Gasteiger partial charge in [0.15, 0.2) is 0 Å². The summed E-state index contributed by atoms with van der Waals surface area (Å²) in [4.78, 5) is 11.8. The fourth-order valence-corrected chi connectivity index (χ4v) is 1.77. The first-order valence-corrected chi connectivity index (χ1v) is 5.92. The molecule has 0 saturated heterocycles. The van der Waals surface area contributed by atoms with E-state index in [1.807, 2.05) is 0 Å². The van der Waals surface area contributed by atoms with Crippen molar-refractivity contribution in [1.82, 2.24) is 0 Å². The summed E-state index contributed by atoms with van der Waals surface area (Å²) >= 11 is 0. The van der Waals surface area contributed by atoms with Gasteiger partial charge < -0.3 is 4.74 Å². The van der Waals surface area contributed by atoms with E-state index in [9.17, 15) is 13.6 Å².